The molecular formula is C12H14N2O. The number of rotatable bonds is 4. The summed E-state index contributed by atoms with van der Waals surface area (Å²) in [5.74, 6) is -0.00988. The molecule has 0 aliphatic rings. The number of nitrogens with one attached hydrogen (secondary N) is 1. The first-order valence-corrected chi connectivity index (χ1v) is 4.74. The fourth-order valence-electron chi connectivity index (χ4n) is 1.19. The number of benzene rings is 1. The van der Waals surface area contributed by atoms with Gasteiger partial charge in [-0.3, -0.25) is 9.79 Å². The second-order valence-corrected chi connectivity index (χ2v) is 3.04. The van der Waals surface area contributed by atoms with E-state index in [0.29, 0.717) is 6.42 Å². The Hall–Kier alpha value is -1.90. The van der Waals surface area contributed by atoms with Gasteiger partial charge >= 0.3 is 0 Å². The molecule has 1 N–H and O–H groups in total. The molecular weight excluding hydrogens is 188 g/mol. The molecule has 0 spiro atoms. The van der Waals surface area contributed by atoms with Crippen molar-refractivity contribution in [3.8, 4) is 0 Å². The summed E-state index contributed by atoms with van der Waals surface area (Å²) in [5, 5.41) is 2.77. The summed E-state index contributed by atoms with van der Waals surface area (Å²) in [6, 6.07) is 5.42. The van der Waals surface area contributed by atoms with Crippen LogP contribution in [-0.4, -0.2) is 12.6 Å². The van der Waals surface area contributed by atoms with E-state index < -0.39 is 0 Å². The minimum absolute atomic E-state index is 0.00988. The van der Waals surface area contributed by atoms with Gasteiger partial charge in [-0.15, -0.1) is 0 Å². The Morgan fingerprint density at radius 3 is 2.87 bits per heavy atom. The first kappa shape index (κ1) is 11.2. The number of carbonyl (C=O) groups excluding carboxylic acids is 1. The topological polar surface area (TPSA) is 41.5 Å². The predicted octanol–water partition coefficient (Wildman–Crippen LogP) is 3.01. The minimum Gasteiger partial charge on any atom is -0.326 e. The molecule has 0 saturated heterocycles. The summed E-state index contributed by atoms with van der Waals surface area (Å²) in [5.41, 5.74) is 2.38. The van der Waals surface area contributed by atoms with Gasteiger partial charge in [0.25, 0.3) is 0 Å². The zero-order chi connectivity index (χ0) is 11.3. The third-order valence-electron chi connectivity index (χ3n) is 2.02. The lowest BCUT2D eigenvalue weighted by atomic mass is 10.1. The van der Waals surface area contributed by atoms with Gasteiger partial charge in [0.05, 0.1) is 5.69 Å². The molecule has 1 aromatic rings. The molecule has 0 aliphatic heterocycles. The van der Waals surface area contributed by atoms with Gasteiger partial charge in [0.2, 0.25) is 5.91 Å². The lowest BCUT2D eigenvalue weighted by Crippen LogP contribution is -2.09. The van der Waals surface area contributed by atoms with Crippen LogP contribution in [0.4, 0.5) is 11.4 Å². The molecule has 3 nitrogen and oxygen atoms in total. The SMILES string of the molecule is C=Cc1cc(NC(=O)CC)ccc1N=C. The van der Waals surface area contributed by atoms with Crippen molar-refractivity contribution >= 4 is 30.1 Å². The molecule has 0 aliphatic carbocycles. The van der Waals surface area contributed by atoms with Gasteiger partial charge in [0.1, 0.15) is 0 Å². The third kappa shape index (κ3) is 2.77. The summed E-state index contributed by atoms with van der Waals surface area (Å²) in [7, 11) is 0. The van der Waals surface area contributed by atoms with Crippen LogP contribution in [0.5, 0.6) is 0 Å². The fraction of sp³-hybridized carbons (Fsp3) is 0.167. The summed E-state index contributed by atoms with van der Waals surface area (Å²) in [6.45, 7) is 8.95. The van der Waals surface area contributed by atoms with Crippen molar-refractivity contribution < 1.29 is 4.79 Å². The number of anilines is 1. The van der Waals surface area contributed by atoms with Crippen molar-refractivity contribution in [1.29, 1.82) is 0 Å². The number of amides is 1. The van der Waals surface area contributed by atoms with Crippen LogP contribution in [-0.2, 0) is 4.79 Å². The minimum atomic E-state index is -0.00988. The highest BCUT2D eigenvalue weighted by atomic mass is 16.1. The first-order valence-electron chi connectivity index (χ1n) is 4.74. The second-order valence-electron chi connectivity index (χ2n) is 3.04. The van der Waals surface area contributed by atoms with Gasteiger partial charge in [-0.1, -0.05) is 19.6 Å². The smallest absolute Gasteiger partial charge is 0.224 e. The summed E-state index contributed by atoms with van der Waals surface area (Å²) < 4.78 is 0. The van der Waals surface area contributed by atoms with Crippen molar-refractivity contribution in [2.45, 2.75) is 13.3 Å². The van der Waals surface area contributed by atoms with Crippen molar-refractivity contribution in [2.24, 2.45) is 4.99 Å². The molecule has 0 heterocycles. The van der Waals surface area contributed by atoms with Gasteiger partial charge < -0.3 is 5.32 Å². The molecule has 1 aromatic carbocycles. The molecule has 0 fully saturated rings. The van der Waals surface area contributed by atoms with E-state index in [9.17, 15) is 4.79 Å². The molecule has 0 radical (unpaired) electrons. The Labute approximate surface area is 89.5 Å². The Bertz CT molecular complexity index is 397. The Balaban J connectivity index is 2.97. The van der Waals surface area contributed by atoms with E-state index in [-0.39, 0.29) is 5.91 Å². The van der Waals surface area contributed by atoms with E-state index in [0.717, 1.165) is 16.9 Å². The molecule has 0 atom stereocenters. The largest absolute Gasteiger partial charge is 0.326 e. The van der Waals surface area contributed by atoms with E-state index in [2.05, 4.69) is 23.6 Å². The monoisotopic (exact) mass is 202 g/mol. The van der Waals surface area contributed by atoms with E-state index in [4.69, 9.17) is 0 Å². The van der Waals surface area contributed by atoms with Crippen molar-refractivity contribution in [3.63, 3.8) is 0 Å². The maximum Gasteiger partial charge on any atom is 0.224 e. The molecule has 0 saturated carbocycles. The fourth-order valence-corrected chi connectivity index (χ4v) is 1.19. The highest BCUT2D eigenvalue weighted by Gasteiger charge is 2.02. The van der Waals surface area contributed by atoms with Crippen LogP contribution >= 0.6 is 0 Å². The van der Waals surface area contributed by atoms with Crippen molar-refractivity contribution in [1.82, 2.24) is 0 Å². The van der Waals surface area contributed by atoms with Crippen molar-refractivity contribution in [3.05, 3.63) is 30.3 Å². The molecule has 0 aromatic heterocycles. The van der Waals surface area contributed by atoms with Crippen LogP contribution < -0.4 is 5.32 Å². The van der Waals surface area contributed by atoms with Gasteiger partial charge in [-0.05, 0) is 24.9 Å². The van der Waals surface area contributed by atoms with Crippen LogP contribution in [0.15, 0.2) is 29.8 Å². The molecule has 0 unspecified atom stereocenters. The van der Waals surface area contributed by atoms with Crippen LogP contribution in [0.3, 0.4) is 0 Å². The van der Waals surface area contributed by atoms with Crippen LogP contribution in [0.2, 0.25) is 0 Å². The van der Waals surface area contributed by atoms with Gasteiger partial charge in [0.15, 0.2) is 0 Å². The van der Waals surface area contributed by atoms with E-state index in [1.165, 1.54) is 0 Å². The molecule has 1 rings (SSSR count). The van der Waals surface area contributed by atoms with E-state index in [1.807, 2.05) is 13.0 Å². The highest BCUT2D eigenvalue weighted by Crippen LogP contribution is 2.23. The van der Waals surface area contributed by atoms with Gasteiger partial charge in [-0.25, -0.2) is 0 Å². The molecule has 78 valence electrons. The Morgan fingerprint density at radius 1 is 1.60 bits per heavy atom. The average Bonchev–Trinajstić information content (AvgIpc) is 2.28. The lowest BCUT2D eigenvalue weighted by molar-refractivity contribution is -0.115. The normalized spacial score (nSPS) is 9.40. The number of hydrogen-bond donors (Lipinski definition) is 1. The van der Waals surface area contributed by atoms with Crippen LogP contribution in [0, 0.1) is 0 Å². The first-order chi connectivity index (χ1) is 7.21. The molecule has 1 amide bonds. The van der Waals surface area contributed by atoms with Gasteiger partial charge in [0, 0.05) is 17.7 Å². The average molecular weight is 202 g/mol. The zero-order valence-electron chi connectivity index (χ0n) is 8.79. The Kier molecular flexibility index (Phi) is 3.80. The van der Waals surface area contributed by atoms with E-state index in [1.54, 1.807) is 18.2 Å². The number of aliphatic imine (C=N–C) groups is 1. The number of carbonyl (C=O) groups is 1. The maximum atomic E-state index is 11.2. The quantitative estimate of drug-likeness (QED) is 0.749. The summed E-state index contributed by atoms with van der Waals surface area (Å²) in [6.07, 6.45) is 2.15. The zero-order valence-corrected chi connectivity index (χ0v) is 8.79. The number of nitrogens with zero attached hydrogens (tertiary/aromatic N) is 1. The van der Waals surface area contributed by atoms with Crippen LogP contribution in [0.1, 0.15) is 18.9 Å². The Morgan fingerprint density at radius 2 is 2.33 bits per heavy atom. The maximum absolute atomic E-state index is 11.2. The van der Waals surface area contributed by atoms with E-state index >= 15 is 0 Å². The molecule has 15 heavy (non-hydrogen) atoms. The van der Waals surface area contributed by atoms with Crippen LogP contribution in [0.25, 0.3) is 6.08 Å². The molecule has 0 bridgehead atoms. The summed E-state index contributed by atoms with van der Waals surface area (Å²) >= 11 is 0. The lowest BCUT2D eigenvalue weighted by Gasteiger charge is -2.06. The highest BCUT2D eigenvalue weighted by molar-refractivity contribution is 5.91. The predicted molar refractivity (Wildman–Crippen MR) is 64.7 cm³/mol. The third-order valence-corrected chi connectivity index (χ3v) is 2.02. The molecule has 3 heteroatoms. The van der Waals surface area contributed by atoms with Crippen molar-refractivity contribution in [2.75, 3.05) is 5.32 Å². The summed E-state index contributed by atoms with van der Waals surface area (Å²) in [4.78, 5) is 15.0. The standard InChI is InChI=1S/C12H14N2O/c1-4-9-8-10(14-12(15)5-2)6-7-11(9)13-3/h4,6-8H,1,3,5H2,2H3,(H,14,15). The number of hydrogen-bond acceptors (Lipinski definition) is 2. The van der Waals surface area contributed by atoms with Gasteiger partial charge in [-0.2, -0.15) is 0 Å². The second kappa shape index (κ2) is 5.10.